The quantitative estimate of drug-likeness (QED) is 0.366. The lowest BCUT2D eigenvalue weighted by atomic mass is 9.48. The van der Waals surface area contributed by atoms with Crippen LogP contribution in [0.25, 0.3) is 0 Å². The molecule has 170 valence electrons. The Balaban J connectivity index is 1.38. The van der Waals surface area contributed by atoms with Crippen LogP contribution in [0.1, 0.15) is 129 Å². The lowest BCUT2D eigenvalue weighted by Gasteiger charge is -2.57. The molecule has 4 rings (SSSR count). The molecule has 0 aromatic carbocycles. The van der Waals surface area contributed by atoms with E-state index in [1.807, 2.05) is 0 Å². The van der Waals surface area contributed by atoms with Gasteiger partial charge in [0.25, 0.3) is 0 Å². The minimum absolute atomic E-state index is 0.0373. The first-order valence-corrected chi connectivity index (χ1v) is 14.1. The minimum atomic E-state index is 0.0373. The Morgan fingerprint density at radius 3 is 2.23 bits per heavy atom. The van der Waals surface area contributed by atoms with Gasteiger partial charge in [-0.15, -0.1) is 0 Å². The van der Waals surface area contributed by atoms with Gasteiger partial charge in [0.1, 0.15) is 0 Å². The molecule has 4 fully saturated rings. The number of unbranched alkanes of at least 4 members (excludes halogenated alkanes) is 4. The molecule has 4 aliphatic carbocycles. The van der Waals surface area contributed by atoms with E-state index in [1.54, 1.807) is 12.8 Å². The zero-order valence-corrected chi connectivity index (χ0v) is 20.2. The normalized spacial score (nSPS) is 43.2. The monoisotopic (exact) mass is 411 g/mol. The molecule has 8 atom stereocenters. The molecule has 4 saturated carbocycles. The Morgan fingerprint density at radius 1 is 0.733 bits per heavy atom. The van der Waals surface area contributed by atoms with E-state index in [4.69, 9.17) is 0 Å². The third-order valence-electron chi connectivity index (χ3n) is 10.5. The molecule has 4 aliphatic rings. The van der Waals surface area contributed by atoms with Crippen LogP contribution in [0, 0.1) is 58.2 Å². The Kier molecular flexibility index (Phi) is 7.86. The number of hydrogen-bond donors (Lipinski definition) is 0. The Morgan fingerprint density at radius 2 is 1.43 bits per heavy atom. The molecule has 0 aromatic heterocycles. The highest BCUT2D eigenvalue weighted by Gasteiger charge is 2.52. The van der Waals surface area contributed by atoms with E-state index in [9.17, 15) is 5.26 Å². The fraction of sp³-hybridized carbons (Fsp3) is 0.966. The van der Waals surface area contributed by atoms with Crippen molar-refractivity contribution < 1.29 is 0 Å². The van der Waals surface area contributed by atoms with E-state index >= 15 is 0 Å². The second kappa shape index (κ2) is 10.4. The maximum absolute atomic E-state index is 10.1. The second-order valence-corrected chi connectivity index (χ2v) is 12.0. The summed E-state index contributed by atoms with van der Waals surface area (Å²) in [5, 5.41) is 10.1. The lowest BCUT2D eigenvalue weighted by Crippen LogP contribution is -2.49. The Hall–Kier alpha value is -0.510. The summed E-state index contributed by atoms with van der Waals surface area (Å²) in [5.74, 6) is 7.12. The van der Waals surface area contributed by atoms with Crippen LogP contribution < -0.4 is 0 Å². The van der Waals surface area contributed by atoms with Crippen LogP contribution in [0.4, 0.5) is 0 Å². The maximum atomic E-state index is 10.1. The van der Waals surface area contributed by atoms with Crippen molar-refractivity contribution in [3.05, 3.63) is 0 Å². The van der Waals surface area contributed by atoms with Gasteiger partial charge in [0.2, 0.25) is 0 Å². The summed E-state index contributed by atoms with van der Waals surface area (Å²) in [6.07, 6.45) is 25.4. The van der Waals surface area contributed by atoms with Crippen molar-refractivity contribution in [2.45, 2.75) is 129 Å². The standard InChI is InChI=1S/C29H49N/c1-3-5-7-10-22-11-9-12-26-24(22)15-16-27-25-17-19-29(21-30,18-8-6-4-2)20-23(25)13-14-28(26)27/h22-28H,3-20H2,1-2H3/t22-,23?,24?,25?,26?,27?,28?,29-/m1/s1. The van der Waals surface area contributed by atoms with Crippen molar-refractivity contribution in [1.29, 1.82) is 5.26 Å². The number of hydrogen-bond acceptors (Lipinski definition) is 1. The van der Waals surface area contributed by atoms with Crippen LogP contribution >= 0.6 is 0 Å². The SMILES string of the molecule is CCCCC[C@@H]1CCCC2C3CCC4C[C@@](C#N)(CCCCC)CCC4C3CCC21. The van der Waals surface area contributed by atoms with Crippen molar-refractivity contribution in [1.82, 2.24) is 0 Å². The number of fused-ring (bicyclic) bond motifs is 5. The fourth-order valence-corrected chi connectivity index (χ4v) is 9.08. The van der Waals surface area contributed by atoms with Crippen LogP contribution in [0.15, 0.2) is 0 Å². The van der Waals surface area contributed by atoms with E-state index in [1.165, 1.54) is 103 Å². The number of rotatable bonds is 8. The fourth-order valence-electron chi connectivity index (χ4n) is 9.08. The van der Waals surface area contributed by atoms with Crippen LogP contribution in [0.2, 0.25) is 0 Å². The predicted molar refractivity (Wildman–Crippen MR) is 127 cm³/mol. The average Bonchev–Trinajstić information content (AvgIpc) is 2.79. The molecule has 0 aromatic rings. The zero-order chi connectivity index (χ0) is 21.0. The summed E-state index contributed by atoms with van der Waals surface area (Å²) < 4.78 is 0. The van der Waals surface area contributed by atoms with Crippen molar-refractivity contribution in [2.24, 2.45) is 46.8 Å². The van der Waals surface area contributed by atoms with Gasteiger partial charge < -0.3 is 0 Å². The first-order chi connectivity index (χ1) is 14.7. The third kappa shape index (κ3) is 4.64. The Bertz CT molecular complexity index is 575. The molecular weight excluding hydrogens is 362 g/mol. The van der Waals surface area contributed by atoms with Gasteiger partial charge in [0, 0.05) is 0 Å². The van der Waals surface area contributed by atoms with Crippen LogP contribution in [-0.2, 0) is 0 Å². The van der Waals surface area contributed by atoms with Gasteiger partial charge in [-0.3, -0.25) is 0 Å². The van der Waals surface area contributed by atoms with Crippen molar-refractivity contribution in [2.75, 3.05) is 0 Å². The zero-order valence-electron chi connectivity index (χ0n) is 20.2. The second-order valence-electron chi connectivity index (χ2n) is 12.0. The van der Waals surface area contributed by atoms with Crippen molar-refractivity contribution >= 4 is 0 Å². The smallest absolute Gasteiger partial charge is 0.0689 e. The van der Waals surface area contributed by atoms with Crippen molar-refractivity contribution in [3.63, 3.8) is 0 Å². The van der Waals surface area contributed by atoms with E-state index in [-0.39, 0.29) is 5.41 Å². The van der Waals surface area contributed by atoms with Crippen molar-refractivity contribution in [3.8, 4) is 6.07 Å². The van der Waals surface area contributed by atoms with E-state index in [2.05, 4.69) is 19.9 Å². The lowest BCUT2D eigenvalue weighted by molar-refractivity contribution is -0.0718. The summed E-state index contributed by atoms with van der Waals surface area (Å²) in [6, 6.07) is 2.86. The van der Waals surface area contributed by atoms with Gasteiger partial charge in [-0.25, -0.2) is 0 Å². The van der Waals surface area contributed by atoms with Gasteiger partial charge in [0.15, 0.2) is 0 Å². The largest absolute Gasteiger partial charge is 0.198 e. The van der Waals surface area contributed by atoms with Gasteiger partial charge in [-0.05, 0) is 99.2 Å². The summed E-state index contributed by atoms with van der Waals surface area (Å²) in [4.78, 5) is 0. The molecule has 30 heavy (non-hydrogen) atoms. The first kappa shape index (κ1) is 22.7. The third-order valence-corrected chi connectivity index (χ3v) is 10.5. The average molecular weight is 412 g/mol. The molecular formula is C29H49N. The van der Waals surface area contributed by atoms with Crippen LogP contribution in [-0.4, -0.2) is 0 Å². The van der Waals surface area contributed by atoms with Gasteiger partial charge in [-0.2, -0.15) is 5.26 Å². The highest BCUT2D eigenvalue weighted by atomic mass is 14.6. The topological polar surface area (TPSA) is 23.8 Å². The highest BCUT2D eigenvalue weighted by Crippen LogP contribution is 2.60. The highest BCUT2D eigenvalue weighted by molar-refractivity contribution is 5.07. The summed E-state index contributed by atoms with van der Waals surface area (Å²) in [5.41, 5.74) is 0.0373. The molecule has 0 N–H and O–H groups in total. The molecule has 1 heteroatoms. The van der Waals surface area contributed by atoms with E-state index < -0.39 is 0 Å². The molecule has 0 saturated heterocycles. The molecule has 6 unspecified atom stereocenters. The molecule has 0 aliphatic heterocycles. The molecule has 1 nitrogen and oxygen atoms in total. The molecule has 0 radical (unpaired) electrons. The number of nitrogens with zero attached hydrogens (tertiary/aromatic N) is 1. The van der Waals surface area contributed by atoms with Gasteiger partial charge in [0.05, 0.1) is 11.5 Å². The summed E-state index contributed by atoms with van der Waals surface area (Å²) in [7, 11) is 0. The Labute approximate surface area is 187 Å². The van der Waals surface area contributed by atoms with Gasteiger partial charge in [-0.1, -0.05) is 71.6 Å². The number of nitriles is 1. The van der Waals surface area contributed by atoms with Crippen LogP contribution in [0.5, 0.6) is 0 Å². The molecule has 0 amide bonds. The molecule has 0 heterocycles. The first-order valence-electron chi connectivity index (χ1n) is 14.1. The van der Waals surface area contributed by atoms with Gasteiger partial charge >= 0.3 is 0 Å². The van der Waals surface area contributed by atoms with E-state index in [0.29, 0.717) is 0 Å². The minimum Gasteiger partial charge on any atom is -0.198 e. The summed E-state index contributed by atoms with van der Waals surface area (Å²) in [6.45, 7) is 4.63. The molecule has 0 spiro atoms. The molecule has 0 bridgehead atoms. The van der Waals surface area contributed by atoms with Crippen LogP contribution in [0.3, 0.4) is 0 Å². The predicted octanol–water partition coefficient (Wildman–Crippen LogP) is 8.93. The maximum Gasteiger partial charge on any atom is 0.0689 e. The summed E-state index contributed by atoms with van der Waals surface area (Å²) >= 11 is 0. The van der Waals surface area contributed by atoms with E-state index in [0.717, 1.165) is 41.4 Å².